The van der Waals surface area contributed by atoms with Gasteiger partial charge in [-0.05, 0) is 31.4 Å². The molecule has 1 aromatic heterocycles. The predicted molar refractivity (Wildman–Crippen MR) is 83.8 cm³/mol. The molecule has 1 unspecified atom stereocenters. The van der Waals surface area contributed by atoms with Gasteiger partial charge < -0.3 is 20.1 Å². The molecule has 2 heterocycles. The second kappa shape index (κ2) is 7.24. The van der Waals surface area contributed by atoms with Gasteiger partial charge in [0.25, 0.3) is 0 Å². The van der Waals surface area contributed by atoms with Crippen molar-refractivity contribution in [1.82, 2.24) is 15.2 Å². The number of H-pyrrole nitrogens is 1. The van der Waals surface area contributed by atoms with Crippen molar-refractivity contribution < 1.29 is 9.47 Å². The van der Waals surface area contributed by atoms with E-state index in [1.54, 1.807) is 0 Å². The highest BCUT2D eigenvalue weighted by Gasteiger charge is 2.17. The number of anilines is 3. The largest absolute Gasteiger partial charge is 0.366 e. The summed E-state index contributed by atoms with van der Waals surface area (Å²) in [5.41, 5.74) is 6.61. The molecule has 1 fully saturated rings. The number of para-hydroxylation sites is 1. The molecule has 0 radical (unpaired) electrons. The van der Waals surface area contributed by atoms with Crippen LogP contribution in [0.3, 0.4) is 0 Å². The van der Waals surface area contributed by atoms with Crippen molar-refractivity contribution >= 4 is 17.6 Å². The highest BCUT2D eigenvalue weighted by atomic mass is 16.7. The SMILES string of the molecule is Nc1n[nH]c(N(CCOC2CCCCO2)c2ccccc2)n1. The van der Waals surface area contributed by atoms with Gasteiger partial charge in [0.15, 0.2) is 6.29 Å². The summed E-state index contributed by atoms with van der Waals surface area (Å²) in [7, 11) is 0. The van der Waals surface area contributed by atoms with Crippen molar-refractivity contribution in [1.29, 1.82) is 0 Å². The summed E-state index contributed by atoms with van der Waals surface area (Å²) in [6.45, 7) is 1.96. The second-order valence-corrected chi connectivity index (χ2v) is 5.17. The van der Waals surface area contributed by atoms with Gasteiger partial charge in [0, 0.05) is 18.8 Å². The smallest absolute Gasteiger partial charge is 0.241 e. The molecular formula is C15H21N5O2. The first kappa shape index (κ1) is 14.8. The van der Waals surface area contributed by atoms with Crippen molar-refractivity contribution in [2.45, 2.75) is 25.6 Å². The summed E-state index contributed by atoms with van der Waals surface area (Å²) in [5, 5.41) is 6.74. The maximum absolute atomic E-state index is 5.81. The van der Waals surface area contributed by atoms with E-state index in [2.05, 4.69) is 15.2 Å². The number of hydrogen-bond acceptors (Lipinski definition) is 6. The van der Waals surface area contributed by atoms with Crippen molar-refractivity contribution in [3.8, 4) is 0 Å². The van der Waals surface area contributed by atoms with Crippen LogP contribution in [-0.2, 0) is 9.47 Å². The molecule has 7 nitrogen and oxygen atoms in total. The number of aromatic amines is 1. The van der Waals surface area contributed by atoms with Crippen LogP contribution in [0.2, 0.25) is 0 Å². The Bertz CT molecular complexity index is 568. The number of benzene rings is 1. The van der Waals surface area contributed by atoms with Crippen LogP contribution < -0.4 is 10.6 Å². The van der Waals surface area contributed by atoms with E-state index in [-0.39, 0.29) is 12.2 Å². The monoisotopic (exact) mass is 303 g/mol. The molecule has 0 bridgehead atoms. The Morgan fingerprint density at radius 1 is 1.32 bits per heavy atom. The second-order valence-electron chi connectivity index (χ2n) is 5.17. The fourth-order valence-electron chi connectivity index (χ4n) is 2.47. The van der Waals surface area contributed by atoms with Gasteiger partial charge in [-0.2, -0.15) is 4.98 Å². The molecule has 0 amide bonds. The van der Waals surface area contributed by atoms with E-state index >= 15 is 0 Å². The van der Waals surface area contributed by atoms with E-state index in [0.29, 0.717) is 19.1 Å². The highest BCUT2D eigenvalue weighted by molar-refractivity contribution is 5.57. The molecule has 0 spiro atoms. The van der Waals surface area contributed by atoms with Gasteiger partial charge in [-0.3, -0.25) is 0 Å². The number of aromatic nitrogens is 3. The first-order valence-electron chi connectivity index (χ1n) is 7.56. The number of nitrogens with one attached hydrogen (secondary N) is 1. The topological polar surface area (TPSA) is 89.3 Å². The molecule has 7 heteroatoms. The van der Waals surface area contributed by atoms with Gasteiger partial charge in [0.05, 0.1) is 6.61 Å². The lowest BCUT2D eigenvalue weighted by Gasteiger charge is -2.25. The lowest BCUT2D eigenvalue weighted by atomic mass is 10.2. The molecule has 2 aromatic rings. The quantitative estimate of drug-likeness (QED) is 0.849. The lowest BCUT2D eigenvalue weighted by Crippen LogP contribution is -2.28. The molecule has 0 saturated carbocycles. The number of ether oxygens (including phenoxy) is 2. The zero-order valence-electron chi connectivity index (χ0n) is 12.4. The molecule has 118 valence electrons. The Kier molecular flexibility index (Phi) is 4.87. The Balaban J connectivity index is 1.64. The van der Waals surface area contributed by atoms with Crippen LogP contribution >= 0.6 is 0 Å². The first-order valence-corrected chi connectivity index (χ1v) is 7.56. The van der Waals surface area contributed by atoms with Gasteiger partial charge in [-0.1, -0.05) is 18.2 Å². The van der Waals surface area contributed by atoms with Gasteiger partial charge in [0.2, 0.25) is 11.9 Å². The summed E-state index contributed by atoms with van der Waals surface area (Å²) in [6.07, 6.45) is 3.14. The standard InChI is InChI=1S/C15H21N5O2/c16-14-17-15(19-18-14)20(12-6-2-1-3-7-12)9-11-22-13-8-4-5-10-21-13/h1-3,6-7,13H,4-5,8-11H2,(H3,16,17,18,19). The van der Waals surface area contributed by atoms with Gasteiger partial charge in [0.1, 0.15) is 0 Å². The van der Waals surface area contributed by atoms with Crippen molar-refractivity contribution in [3.63, 3.8) is 0 Å². The number of nitrogens with two attached hydrogens (primary N) is 1. The molecule has 3 N–H and O–H groups in total. The van der Waals surface area contributed by atoms with Crippen LogP contribution in [0.1, 0.15) is 19.3 Å². The van der Waals surface area contributed by atoms with Gasteiger partial charge >= 0.3 is 0 Å². The van der Waals surface area contributed by atoms with E-state index in [9.17, 15) is 0 Å². The average molecular weight is 303 g/mol. The third kappa shape index (κ3) is 3.75. The fraction of sp³-hybridized carbons (Fsp3) is 0.467. The minimum atomic E-state index is -0.0915. The van der Waals surface area contributed by atoms with Gasteiger partial charge in [-0.15, -0.1) is 5.10 Å². The minimum absolute atomic E-state index is 0.0915. The normalized spacial score (nSPS) is 18.3. The van der Waals surface area contributed by atoms with Gasteiger partial charge in [-0.25, -0.2) is 5.10 Å². The third-order valence-corrected chi connectivity index (χ3v) is 3.57. The Hall–Kier alpha value is -2.12. The molecule has 3 rings (SSSR count). The van der Waals surface area contributed by atoms with Crippen LogP contribution in [0.15, 0.2) is 30.3 Å². The summed E-state index contributed by atoms with van der Waals surface area (Å²) >= 11 is 0. The molecule has 0 aliphatic carbocycles. The van der Waals surface area contributed by atoms with E-state index in [1.807, 2.05) is 35.2 Å². The van der Waals surface area contributed by atoms with Crippen LogP contribution in [0.5, 0.6) is 0 Å². The average Bonchev–Trinajstić information content (AvgIpc) is 2.99. The summed E-state index contributed by atoms with van der Waals surface area (Å²) in [5.74, 6) is 0.837. The maximum atomic E-state index is 5.81. The van der Waals surface area contributed by atoms with E-state index in [4.69, 9.17) is 15.2 Å². The highest BCUT2D eigenvalue weighted by Crippen LogP contribution is 2.22. The molecule has 1 saturated heterocycles. The molecular weight excluding hydrogens is 282 g/mol. The predicted octanol–water partition coefficient (Wildman–Crippen LogP) is 2.07. The zero-order valence-corrected chi connectivity index (χ0v) is 12.4. The first-order chi connectivity index (χ1) is 10.8. The van der Waals surface area contributed by atoms with Crippen LogP contribution in [0.4, 0.5) is 17.6 Å². The number of nitrogens with zero attached hydrogens (tertiary/aromatic N) is 3. The molecule has 1 aromatic carbocycles. The van der Waals surface area contributed by atoms with E-state index in [0.717, 1.165) is 31.6 Å². The Labute approximate surface area is 129 Å². The minimum Gasteiger partial charge on any atom is -0.366 e. The van der Waals surface area contributed by atoms with E-state index < -0.39 is 0 Å². The number of hydrogen-bond donors (Lipinski definition) is 2. The van der Waals surface area contributed by atoms with Crippen molar-refractivity contribution in [2.24, 2.45) is 0 Å². The maximum Gasteiger partial charge on any atom is 0.241 e. The fourth-order valence-corrected chi connectivity index (χ4v) is 2.47. The lowest BCUT2D eigenvalue weighted by molar-refractivity contribution is -0.160. The van der Waals surface area contributed by atoms with Crippen LogP contribution in [0.25, 0.3) is 0 Å². The molecule has 22 heavy (non-hydrogen) atoms. The Morgan fingerprint density at radius 2 is 2.18 bits per heavy atom. The molecule has 1 aliphatic rings. The summed E-state index contributed by atoms with van der Waals surface area (Å²) < 4.78 is 11.4. The zero-order chi connectivity index (χ0) is 15.2. The molecule has 1 atom stereocenters. The summed E-state index contributed by atoms with van der Waals surface area (Å²) in [4.78, 5) is 6.20. The Morgan fingerprint density at radius 3 is 2.86 bits per heavy atom. The van der Waals surface area contributed by atoms with E-state index in [1.165, 1.54) is 0 Å². The van der Waals surface area contributed by atoms with Crippen molar-refractivity contribution in [3.05, 3.63) is 30.3 Å². The number of rotatable bonds is 6. The third-order valence-electron chi connectivity index (χ3n) is 3.57. The molecule has 1 aliphatic heterocycles. The number of nitrogen functional groups attached to an aromatic ring is 1. The van der Waals surface area contributed by atoms with Crippen LogP contribution in [0, 0.1) is 0 Å². The van der Waals surface area contributed by atoms with Crippen molar-refractivity contribution in [2.75, 3.05) is 30.4 Å². The summed E-state index contributed by atoms with van der Waals surface area (Å²) in [6, 6.07) is 9.95. The van der Waals surface area contributed by atoms with Crippen LogP contribution in [-0.4, -0.2) is 41.2 Å².